The van der Waals surface area contributed by atoms with Crippen molar-refractivity contribution in [3.8, 4) is 0 Å². The summed E-state index contributed by atoms with van der Waals surface area (Å²) in [6.07, 6.45) is 1.76. The summed E-state index contributed by atoms with van der Waals surface area (Å²) < 4.78 is 3.56. The lowest BCUT2D eigenvalue weighted by Gasteiger charge is -2.17. The molecule has 0 spiro atoms. The number of para-hydroxylation sites is 1. The van der Waals surface area contributed by atoms with E-state index >= 15 is 0 Å². The van der Waals surface area contributed by atoms with E-state index in [4.69, 9.17) is 5.73 Å². The van der Waals surface area contributed by atoms with Crippen molar-refractivity contribution in [2.75, 3.05) is 5.73 Å². The number of nitrogens with two attached hydrogens (primary N) is 1. The number of fused-ring (bicyclic) bond motifs is 1. The van der Waals surface area contributed by atoms with Gasteiger partial charge in [0.05, 0.1) is 16.2 Å². The third kappa shape index (κ3) is 3.17. The second-order valence-corrected chi connectivity index (χ2v) is 8.72. The number of anilines is 1. The minimum Gasteiger partial charge on any atom is -0.384 e. The lowest BCUT2D eigenvalue weighted by atomic mass is 10.1. The van der Waals surface area contributed by atoms with E-state index in [0.29, 0.717) is 16.1 Å². The number of rotatable bonds is 5. The van der Waals surface area contributed by atoms with Crippen molar-refractivity contribution in [1.82, 2.24) is 18.7 Å². The van der Waals surface area contributed by atoms with Crippen LogP contribution in [0.1, 0.15) is 36.2 Å². The Labute approximate surface area is 175 Å². The van der Waals surface area contributed by atoms with Crippen LogP contribution in [-0.2, 0) is 14.1 Å². The van der Waals surface area contributed by atoms with Crippen LogP contribution in [-0.4, -0.2) is 29.7 Å². The monoisotopic (exact) mass is 427 g/mol. The fraction of sp³-hybridized carbons (Fsp3) is 0.350. The van der Waals surface area contributed by atoms with Crippen molar-refractivity contribution in [1.29, 1.82) is 0 Å². The first-order valence-corrected chi connectivity index (χ1v) is 10.4. The number of carbonyl (C=O) groups is 1. The van der Waals surface area contributed by atoms with E-state index < -0.39 is 22.3 Å². The predicted molar refractivity (Wildman–Crippen MR) is 115 cm³/mol. The van der Waals surface area contributed by atoms with Gasteiger partial charge in [-0.1, -0.05) is 23.9 Å². The molecule has 1 atom stereocenters. The minimum atomic E-state index is -0.740. The average Bonchev–Trinajstić information content (AvgIpc) is 3.56. The van der Waals surface area contributed by atoms with Crippen molar-refractivity contribution in [3.63, 3.8) is 0 Å². The number of thioether (sulfide) groups is 1. The van der Waals surface area contributed by atoms with Gasteiger partial charge in [-0.15, -0.1) is 0 Å². The van der Waals surface area contributed by atoms with E-state index in [9.17, 15) is 19.2 Å². The number of benzene rings is 1. The molecular weight excluding hydrogens is 406 g/mol. The van der Waals surface area contributed by atoms with Crippen molar-refractivity contribution in [3.05, 3.63) is 61.0 Å². The van der Waals surface area contributed by atoms with Gasteiger partial charge in [0, 0.05) is 20.1 Å². The molecule has 0 bridgehead atoms. The minimum absolute atomic E-state index is 0.0647. The highest BCUT2D eigenvalue weighted by atomic mass is 32.2. The van der Waals surface area contributed by atoms with Crippen molar-refractivity contribution in [2.45, 2.75) is 36.2 Å². The normalized spacial score (nSPS) is 14.8. The molecule has 0 saturated heterocycles. The summed E-state index contributed by atoms with van der Waals surface area (Å²) in [5, 5.41) is 0.224. The Morgan fingerprint density at radius 2 is 1.80 bits per heavy atom. The molecule has 1 unspecified atom stereocenters. The van der Waals surface area contributed by atoms with Crippen LogP contribution in [0, 0.1) is 0 Å². The van der Waals surface area contributed by atoms with Gasteiger partial charge in [0.15, 0.2) is 10.9 Å². The van der Waals surface area contributed by atoms with Gasteiger partial charge in [0.2, 0.25) is 0 Å². The van der Waals surface area contributed by atoms with E-state index in [1.54, 1.807) is 35.8 Å². The first-order valence-electron chi connectivity index (χ1n) is 9.50. The van der Waals surface area contributed by atoms with Crippen LogP contribution < -0.4 is 22.5 Å². The van der Waals surface area contributed by atoms with E-state index in [1.165, 1.54) is 14.1 Å². The highest BCUT2D eigenvalue weighted by Gasteiger charge is 2.31. The second kappa shape index (κ2) is 7.28. The summed E-state index contributed by atoms with van der Waals surface area (Å²) in [4.78, 5) is 55.3. The SMILES string of the molecule is CC(Sc1nc2ccccc2c(=O)n1C1CC1)C(=O)c1c(N)n(C)c(=O)n(C)c1=O. The molecule has 30 heavy (non-hydrogen) atoms. The Balaban J connectivity index is 1.78. The smallest absolute Gasteiger partial charge is 0.332 e. The van der Waals surface area contributed by atoms with Crippen LogP contribution in [0.25, 0.3) is 10.9 Å². The number of Topliss-reactive ketones (excluding diaryl/α,β-unsaturated/α-hetero) is 1. The summed E-state index contributed by atoms with van der Waals surface area (Å²) in [6, 6.07) is 7.15. The molecule has 10 heteroatoms. The molecule has 0 radical (unpaired) electrons. The number of ketones is 1. The van der Waals surface area contributed by atoms with Gasteiger partial charge in [0.1, 0.15) is 11.4 Å². The zero-order valence-electron chi connectivity index (χ0n) is 16.8. The summed E-state index contributed by atoms with van der Waals surface area (Å²) >= 11 is 1.12. The third-order valence-electron chi connectivity index (χ3n) is 5.30. The Hall–Kier alpha value is -3.14. The third-order valence-corrected chi connectivity index (χ3v) is 6.36. The van der Waals surface area contributed by atoms with Gasteiger partial charge in [-0.05, 0) is 31.9 Å². The van der Waals surface area contributed by atoms with Crippen LogP contribution >= 0.6 is 11.8 Å². The molecule has 2 heterocycles. The summed E-state index contributed by atoms with van der Waals surface area (Å²) in [5.74, 6) is -0.690. The molecule has 1 fully saturated rings. The van der Waals surface area contributed by atoms with Gasteiger partial charge in [0.25, 0.3) is 11.1 Å². The average molecular weight is 427 g/mol. The maximum absolute atomic E-state index is 13.1. The van der Waals surface area contributed by atoms with Crippen molar-refractivity contribution >= 4 is 34.3 Å². The molecule has 2 N–H and O–H groups in total. The molecular formula is C20H21N5O4S. The molecule has 9 nitrogen and oxygen atoms in total. The molecule has 2 aromatic heterocycles. The molecule has 156 valence electrons. The quantitative estimate of drug-likeness (QED) is 0.367. The Bertz CT molecular complexity index is 1370. The zero-order valence-corrected chi connectivity index (χ0v) is 17.6. The maximum atomic E-state index is 13.1. The van der Waals surface area contributed by atoms with E-state index in [1.807, 2.05) is 0 Å². The summed E-state index contributed by atoms with van der Waals surface area (Å²) in [7, 11) is 2.70. The number of hydrogen-bond acceptors (Lipinski definition) is 7. The fourth-order valence-electron chi connectivity index (χ4n) is 3.37. The van der Waals surface area contributed by atoms with Crippen molar-refractivity contribution in [2.24, 2.45) is 14.1 Å². The summed E-state index contributed by atoms with van der Waals surface area (Å²) in [6.45, 7) is 1.63. The molecule has 0 amide bonds. The lowest BCUT2D eigenvalue weighted by Crippen LogP contribution is -2.42. The maximum Gasteiger partial charge on any atom is 0.332 e. The fourth-order valence-corrected chi connectivity index (χ4v) is 4.41. The zero-order chi connectivity index (χ0) is 21.7. The van der Waals surface area contributed by atoms with Gasteiger partial charge >= 0.3 is 5.69 Å². The standard InChI is InChI=1S/C20H21N5O4S/c1-10(15(26)14-16(21)23(2)20(29)24(3)18(14)28)30-19-22-13-7-5-4-6-12(13)17(27)25(19)11-8-9-11/h4-7,10-11H,8-9,21H2,1-3H3. The Morgan fingerprint density at radius 1 is 1.13 bits per heavy atom. The first-order chi connectivity index (χ1) is 14.2. The molecule has 4 rings (SSSR count). The van der Waals surface area contributed by atoms with Gasteiger partial charge in [-0.2, -0.15) is 0 Å². The van der Waals surface area contributed by atoms with Crippen LogP contribution in [0.3, 0.4) is 0 Å². The Morgan fingerprint density at radius 3 is 2.47 bits per heavy atom. The van der Waals surface area contributed by atoms with E-state index in [2.05, 4.69) is 4.98 Å². The van der Waals surface area contributed by atoms with Crippen LogP contribution in [0.5, 0.6) is 0 Å². The Kier molecular flexibility index (Phi) is 4.89. The molecule has 1 aromatic carbocycles. The number of aromatic nitrogens is 4. The van der Waals surface area contributed by atoms with E-state index in [-0.39, 0.29) is 23.0 Å². The number of nitrogen functional groups attached to an aromatic ring is 1. The molecule has 3 aromatic rings. The predicted octanol–water partition coefficient (Wildman–Crippen LogP) is 1.07. The van der Waals surface area contributed by atoms with Crippen molar-refractivity contribution < 1.29 is 4.79 Å². The van der Waals surface area contributed by atoms with Crippen LogP contribution in [0.4, 0.5) is 5.82 Å². The molecule has 1 aliphatic rings. The molecule has 1 saturated carbocycles. The van der Waals surface area contributed by atoms with Crippen LogP contribution in [0.2, 0.25) is 0 Å². The van der Waals surface area contributed by atoms with E-state index in [0.717, 1.165) is 33.7 Å². The van der Waals surface area contributed by atoms with Crippen LogP contribution in [0.15, 0.2) is 43.8 Å². The molecule has 0 aliphatic heterocycles. The topological polar surface area (TPSA) is 122 Å². The highest BCUT2D eigenvalue weighted by Crippen LogP contribution is 2.38. The number of carbonyl (C=O) groups excluding carboxylic acids is 1. The largest absolute Gasteiger partial charge is 0.384 e. The van der Waals surface area contributed by atoms with Gasteiger partial charge in [-0.25, -0.2) is 9.78 Å². The van der Waals surface area contributed by atoms with Gasteiger partial charge < -0.3 is 5.73 Å². The van der Waals surface area contributed by atoms with Gasteiger partial charge in [-0.3, -0.25) is 28.1 Å². The summed E-state index contributed by atoms with van der Waals surface area (Å²) in [5.41, 5.74) is 4.76. The highest BCUT2D eigenvalue weighted by molar-refractivity contribution is 8.00. The first kappa shape index (κ1) is 20.1. The number of nitrogens with zero attached hydrogens (tertiary/aromatic N) is 4. The number of hydrogen-bond donors (Lipinski definition) is 1. The molecule has 1 aliphatic carbocycles. The second-order valence-electron chi connectivity index (χ2n) is 7.41. The lowest BCUT2D eigenvalue weighted by molar-refractivity contribution is 0.0992.